The Morgan fingerprint density at radius 3 is 1.86 bits per heavy atom. The van der Waals surface area contributed by atoms with Crippen molar-refractivity contribution in [3.8, 4) is 0 Å². The minimum absolute atomic E-state index is 0.188. The molecule has 1 amide bonds. The van der Waals surface area contributed by atoms with Crippen LogP contribution in [0.3, 0.4) is 0 Å². The summed E-state index contributed by atoms with van der Waals surface area (Å²) >= 11 is 11.8. The fourth-order valence-electron chi connectivity index (χ4n) is 2.32. The molecule has 2 aromatic rings. The highest BCUT2D eigenvalue weighted by Gasteiger charge is 2.51. The summed E-state index contributed by atoms with van der Waals surface area (Å²) in [6.07, 6.45) is -9.83. The minimum atomic E-state index is -4.99. The molecule has 1 atom stereocenters. The number of carbonyl (C=O) groups is 1. The van der Waals surface area contributed by atoms with Gasteiger partial charge in [0.15, 0.2) is 5.60 Å². The van der Waals surface area contributed by atoms with Crippen LogP contribution in [0.5, 0.6) is 0 Å². The predicted octanol–water partition coefficient (Wildman–Crippen LogP) is 5.96. The molecule has 2 N–H and O–H groups in total. The van der Waals surface area contributed by atoms with Gasteiger partial charge in [-0.3, -0.25) is 4.79 Å². The van der Waals surface area contributed by atoms with Crippen molar-refractivity contribution in [3.05, 3.63) is 63.1 Å². The van der Waals surface area contributed by atoms with Crippen molar-refractivity contribution in [1.29, 1.82) is 0 Å². The van der Waals surface area contributed by atoms with Gasteiger partial charge in [-0.2, -0.15) is 26.3 Å². The number of rotatable bonds is 4. The molecule has 0 aliphatic rings. The molecule has 11 heteroatoms. The lowest BCUT2D eigenvalue weighted by atomic mass is 9.95. The topological polar surface area (TPSA) is 49.3 Å². The molecular weight excluding hydrogens is 447 g/mol. The van der Waals surface area contributed by atoms with Crippen molar-refractivity contribution < 1.29 is 36.2 Å². The van der Waals surface area contributed by atoms with Crippen molar-refractivity contribution in [2.45, 2.75) is 31.3 Å². The number of carbonyl (C=O) groups excluding carboxylic acids is 1. The molecule has 0 fully saturated rings. The quantitative estimate of drug-likeness (QED) is 0.553. The minimum Gasteiger partial charge on any atom is -0.376 e. The fourth-order valence-corrected chi connectivity index (χ4v) is 2.90. The summed E-state index contributed by atoms with van der Waals surface area (Å²) in [5.74, 6) is -0.705. The van der Waals surface area contributed by atoms with Crippen molar-refractivity contribution in [3.63, 3.8) is 0 Å². The Balaban J connectivity index is 2.19. The summed E-state index contributed by atoms with van der Waals surface area (Å²) in [6, 6.07) is 5.50. The first-order valence-corrected chi connectivity index (χ1v) is 8.63. The highest BCUT2D eigenvalue weighted by molar-refractivity contribution is 6.39. The second-order valence-electron chi connectivity index (χ2n) is 6.30. The molecule has 0 spiro atoms. The van der Waals surface area contributed by atoms with Gasteiger partial charge in [0, 0.05) is 0 Å². The Labute approximate surface area is 171 Å². The third-order valence-electron chi connectivity index (χ3n) is 4.07. The van der Waals surface area contributed by atoms with Crippen LogP contribution in [0, 0.1) is 0 Å². The van der Waals surface area contributed by atoms with Gasteiger partial charge in [0.1, 0.15) is 0 Å². The Kier molecular flexibility index (Phi) is 6.46. The number of alkyl halides is 6. The van der Waals surface area contributed by atoms with Crippen LogP contribution in [-0.4, -0.2) is 17.2 Å². The molecule has 0 aliphatic heterocycles. The Bertz CT molecular complexity index is 885. The molecule has 3 nitrogen and oxygen atoms in total. The van der Waals surface area contributed by atoms with Gasteiger partial charge < -0.3 is 10.4 Å². The molecule has 0 bridgehead atoms. The molecule has 158 valence electrons. The van der Waals surface area contributed by atoms with Gasteiger partial charge in [-0.05, 0) is 42.3 Å². The van der Waals surface area contributed by atoms with E-state index in [1.54, 1.807) is 0 Å². The number of hydrogen-bond donors (Lipinski definition) is 2. The van der Waals surface area contributed by atoms with E-state index < -0.39 is 35.0 Å². The van der Waals surface area contributed by atoms with E-state index in [-0.39, 0.29) is 27.7 Å². The standard InChI is InChI=1S/C18H13Cl2F6NO2/c1-16(29,18(24,25)26)11-7-12(19)15(13(20)8-11)27-14(28)6-9-2-4-10(5-3-9)17(21,22)23/h2-5,7-8,29H,6H2,1H3,(H,27,28). The first-order chi connectivity index (χ1) is 13.1. The van der Waals surface area contributed by atoms with E-state index in [1.807, 2.05) is 0 Å². The largest absolute Gasteiger partial charge is 0.421 e. The van der Waals surface area contributed by atoms with Crippen molar-refractivity contribution in [2.24, 2.45) is 0 Å². The highest BCUT2D eigenvalue weighted by Crippen LogP contribution is 2.42. The lowest BCUT2D eigenvalue weighted by molar-refractivity contribution is -0.258. The van der Waals surface area contributed by atoms with Crippen molar-refractivity contribution in [2.75, 3.05) is 5.32 Å². The van der Waals surface area contributed by atoms with E-state index in [2.05, 4.69) is 5.32 Å². The predicted molar refractivity (Wildman–Crippen MR) is 95.9 cm³/mol. The molecule has 0 saturated carbocycles. The van der Waals surface area contributed by atoms with E-state index in [1.165, 1.54) is 0 Å². The summed E-state index contributed by atoms with van der Waals surface area (Å²) in [5.41, 5.74) is -4.64. The molecule has 2 rings (SSSR count). The molecule has 0 heterocycles. The monoisotopic (exact) mass is 459 g/mol. The molecule has 0 aromatic heterocycles. The van der Waals surface area contributed by atoms with Gasteiger partial charge in [0.05, 0.1) is 27.7 Å². The third-order valence-corrected chi connectivity index (χ3v) is 4.66. The van der Waals surface area contributed by atoms with Crippen LogP contribution in [0.15, 0.2) is 36.4 Å². The van der Waals surface area contributed by atoms with Gasteiger partial charge in [-0.1, -0.05) is 35.3 Å². The number of amides is 1. The number of hydrogen-bond acceptors (Lipinski definition) is 2. The van der Waals surface area contributed by atoms with E-state index in [0.29, 0.717) is 6.92 Å². The van der Waals surface area contributed by atoms with Gasteiger partial charge >= 0.3 is 12.4 Å². The second-order valence-corrected chi connectivity index (χ2v) is 7.12. The van der Waals surface area contributed by atoms with E-state index in [0.717, 1.165) is 36.4 Å². The van der Waals surface area contributed by atoms with Gasteiger partial charge in [-0.25, -0.2) is 0 Å². The number of benzene rings is 2. The SMILES string of the molecule is CC(O)(c1cc(Cl)c(NC(=O)Cc2ccc(C(F)(F)F)cc2)c(Cl)c1)C(F)(F)F. The van der Waals surface area contributed by atoms with Crippen LogP contribution < -0.4 is 5.32 Å². The molecule has 1 unspecified atom stereocenters. The van der Waals surface area contributed by atoms with Crippen LogP contribution in [0.25, 0.3) is 0 Å². The zero-order valence-corrected chi connectivity index (χ0v) is 16.1. The Morgan fingerprint density at radius 2 is 1.45 bits per heavy atom. The average Bonchev–Trinajstić information content (AvgIpc) is 2.56. The lowest BCUT2D eigenvalue weighted by Crippen LogP contribution is -2.39. The summed E-state index contributed by atoms with van der Waals surface area (Å²) in [5, 5.41) is 11.3. The maximum absolute atomic E-state index is 13.0. The summed E-state index contributed by atoms with van der Waals surface area (Å²) < 4.78 is 76.5. The van der Waals surface area contributed by atoms with Gasteiger partial charge in [0.2, 0.25) is 5.91 Å². The number of aliphatic hydroxyl groups is 1. The van der Waals surface area contributed by atoms with Gasteiger partial charge in [0.25, 0.3) is 0 Å². The van der Waals surface area contributed by atoms with Crippen LogP contribution >= 0.6 is 23.2 Å². The van der Waals surface area contributed by atoms with Crippen LogP contribution in [0.2, 0.25) is 10.0 Å². The van der Waals surface area contributed by atoms with Crippen LogP contribution in [0.4, 0.5) is 32.0 Å². The average molecular weight is 460 g/mol. The second kappa shape index (κ2) is 8.04. The van der Waals surface area contributed by atoms with Crippen molar-refractivity contribution >= 4 is 34.8 Å². The Hall–Kier alpha value is -1.97. The van der Waals surface area contributed by atoms with E-state index in [4.69, 9.17) is 23.2 Å². The van der Waals surface area contributed by atoms with Crippen LogP contribution in [-0.2, 0) is 23.0 Å². The van der Waals surface area contributed by atoms with E-state index in [9.17, 15) is 36.2 Å². The smallest absolute Gasteiger partial charge is 0.376 e. The molecule has 2 aromatic carbocycles. The summed E-state index contributed by atoms with van der Waals surface area (Å²) in [6.45, 7) is 0.526. The highest BCUT2D eigenvalue weighted by atomic mass is 35.5. The molecule has 0 saturated heterocycles. The zero-order chi connectivity index (χ0) is 22.2. The maximum atomic E-state index is 13.0. The fraction of sp³-hybridized carbons (Fsp3) is 0.278. The number of nitrogens with one attached hydrogen (secondary N) is 1. The first kappa shape index (κ1) is 23.3. The van der Waals surface area contributed by atoms with E-state index >= 15 is 0 Å². The Morgan fingerprint density at radius 1 is 0.966 bits per heavy atom. The normalized spacial score (nSPS) is 14.4. The van der Waals surface area contributed by atoms with Crippen LogP contribution in [0.1, 0.15) is 23.6 Å². The molecule has 29 heavy (non-hydrogen) atoms. The molecule has 0 radical (unpaired) electrons. The third kappa shape index (κ3) is 5.34. The number of anilines is 1. The number of halogens is 8. The van der Waals surface area contributed by atoms with Gasteiger partial charge in [-0.15, -0.1) is 0 Å². The lowest BCUT2D eigenvalue weighted by Gasteiger charge is -2.27. The maximum Gasteiger partial charge on any atom is 0.421 e. The zero-order valence-electron chi connectivity index (χ0n) is 14.6. The molecule has 0 aliphatic carbocycles. The first-order valence-electron chi connectivity index (χ1n) is 7.87. The summed E-state index contributed by atoms with van der Waals surface area (Å²) in [7, 11) is 0. The van der Waals surface area contributed by atoms with Crippen molar-refractivity contribution in [1.82, 2.24) is 0 Å². The molecular formula is C18H13Cl2F6NO2. The summed E-state index contributed by atoms with van der Waals surface area (Å²) in [4.78, 5) is 12.1.